The van der Waals surface area contributed by atoms with Gasteiger partial charge in [0.05, 0.1) is 6.04 Å². The predicted molar refractivity (Wildman–Crippen MR) is 129 cm³/mol. The van der Waals surface area contributed by atoms with Crippen LogP contribution in [0.3, 0.4) is 0 Å². The summed E-state index contributed by atoms with van der Waals surface area (Å²) in [6, 6.07) is 17.0. The third kappa shape index (κ3) is 6.56. The van der Waals surface area contributed by atoms with Gasteiger partial charge in [-0.2, -0.15) is 0 Å². The maximum Gasteiger partial charge on any atom is 0.237 e. The lowest BCUT2D eigenvalue weighted by Gasteiger charge is -2.22. The van der Waals surface area contributed by atoms with Gasteiger partial charge in [-0.1, -0.05) is 54.6 Å². The van der Waals surface area contributed by atoms with Gasteiger partial charge in [0.2, 0.25) is 5.91 Å². The number of pyridine rings is 1. The number of hydrogen-bond acceptors (Lipinski definition) is 4. The Hall–Kier alpha value is -3.42. The predicted octanol–water partition coefficient (Wildman–Crippen LogP) is 3.92. The first-order valence-corrected chi connectivity index (χ1v) is 11.4. The Morgan fingerprint density at radius 2 is 1.94 bits per heavy atom. The van der Waals surface area contributed by atoms with Crippen molar-refractivity contribution >= 4 is 12.0 Å². The molecule has 1 aliphatic rings. The van der Waals surface area contributed by atoms with E-state index >= 15 is 0 Å². The summed E-state index contributed by atoms with van der Waals surface area (Å²) in [5.41, 5.74) is 2.44. The molecule has 5 nitrogen and oxygen atoms in total. The molecule has 1 amide bonds. The van der Waals surface area contributed by atoms with Crippen LogP contribution in [0.4, 0.5) is 8.78 Å². The molecular formula is C27H28F2N4O. The number of carbonyl (C=O) groups is 1. The average molecular weight is 463 g/mol. The Labute approximate surface area is 198 Å². The lowest BCUT2D eigenvalue weighted by molar-refractivity contribution is -0.125. The normalized spacial score (nSPS) is 18.4. The topological polar surface area (TPSA) is 57.3 Å². The Morgan fingerprint density at radius 3 is 2.71 bits per heavy atom. The number of nitrogens with one attached hydrogen (secondary N) is 2. The summed E-state index contributed by atoms with van der Waals surface area (Å²) < 4.78 is 27.2. The van der Waals surface area contributed by atoms with Crippen LogP contribution in [0.5, 0.6) is 0 Å². The zero-order valence-corrected chi connectivity index (χ0v) is 18.8. The lowest BCUT2D eigenvalue weighted by atomic mass is 10.1. The van der Waals surface area contributed by atoms with Crippen molar-refractivity contribution in [3.05, 3.63) is 107 Å². The molecule has 34 heavy (non-hydrogen) atoms. The number of benzene rings is 2. The fourth-order valence-corrected chi connectivity index (χ4v) is 4.14. The fraction of sp³-hybridized carbons (Fsp3) is 0.259. The van der Waals surface area contributed by atoms with Crippen LogP contribution in [0, 0.1) is 11.6 Å². The zero-order chi connectivity index (χ0) is 23.8. The number of hydrogen-bond donors (Lipinski definition) is 2. The first kappa shape index (κ1) is 23.7. The highest BCUT2D eigenvalue weighted by Gasteiger charge is 2.35. The highest BCUT2D eigenvalue weighted by molar-refractivity contribution is 5.82. The molecule has 2 aromatic carbocycles. The van der Waals surface area contributed by atoms with E-state index in [1.54, 1.807) is 12.4 Å². The zero-order valence-electron chi connectivity index (χ0n) is 18.8. The van der Waals surface area contributed by atoms with Crippen molar-refractivity contribution in [2.24, 2.45) is 0 Å². The van der Waals surface area contributed by atoms with E-state index < -0.39 is 11.6 Å². The molecule has 1 saturated heterocycles. The summed E-state index contributed by atoms with van der Waals surface area (Å²) in [5.74, 6) is -1.21. The van der Waals surface area contributed by atoms with E-state index in [0.29, 0.717) is 31.6 Å². The van der Waals surface area contributed by atoms with Crippen LogP contribution in [-0.2, 0) is 17.9 Å². The van der Waals surface area contributed by atoms with Crippen LogP contribution in [0.2, 0.25) is 0 Å². The third-order valence-corrected chi connectivity index (χ3v) is 5.94. The van der Waals surface area contributed by atoms with Gasteiger partial charge in [-0.15, -0.1) is 0 Å². The van der Waals surface area contributed by atoms with Gasteiger partial charge in [0.1, 0.15) is 11.6 Å². The number of aromatic nitrogens is 1. The summed E-state index contributed by atoms with van der Waals surface area (Å²) >= 11 is 0. The molecule has 176 valence electrons. The molecular weight excluding hydrogens is 434 g/mol. The lowest BCUT2D eigenvalue weighted by Crippen LogP contribution is -2.43. The number of rotatable bonds is 9. The van der Waals surface area contributed by atoms with E-state index in [1.165, 1.54) is 12.1 Å². The fourth-order valence-electron chi connectivity index (χ4n) is 4.14. The highest BCUT2D eigenvalue weighted by atomic mass is 19.1. The van der Waals surface area contributed by atoms with Crippen LogP contribution in [0.15, 0.2) is 79.1 Å². The van der Waals surface area contributed by atoms with Crippen LogP contribution in [0.25, 0.3) is 6.08 Å². The van der Waals surface area contributed by atoms with Crippen molar-refractivity contribution in [2.75, 3.05) is 13.1 Å². The van der Waals surface area contributed by atoms with E-state index in [0.717, 1.165) is 17.2 Å². The number of halogens is 2. The monoisotopic (exact) mass is 462 g/mol. The highest BCUT2D eigenvalue weighted by Crippen LogP contribution is 2.20. The summed E-state index contributed by atoms with van der Waals surface area (Å²) in [7, 11) is 0. The minimum atomic E-state index is -0.594. The van der Waals surface area contributed by atoms with Crippen LogP contribution >= 0.6 is 0 Å². The van der Waals surface area contributed by atoms with E-state index in [-0.39, 0.29) is 24.5 Å². The van der Waals surface area contributed by atoms with E-state index in [1.807, 2.05) is 48.5 Å². The van der Waals surface area contributed by atoms with Gasteiger partial charge in [0.15, 0.2) is 0 Å². The Bertz CT molecular complexity index is 1110. The summed E-state index contributed by atoms with van der Waals surface area (Å²) in [4.78, 5) is 19.3. The Kier molecular flexibility index (Phi) is 8.12. The molecule has 0 saturated carbocycles. The van der Waals surface area contributed by atoms with Crippen molar-refractivity contribution in [1.82, 2.24) is 20.5 Å². The second kappa shape index (κ2) is 11.6. The Morgan fingerprint density at radius 1 is 1.09 bits per heavy atom. The molecule has 0 radical (unpaired) electrons. The second-order valence-electron chi connectivity index (χ2n) is 8.41. The van der Waals surface area contributed by atoms with E-state index in [9.17, 15) is 13.6 Å². The standard InChI is InChI=1S/C27H28F2N4O/c28-23-11-10-22(25(29)14-23)18-31-24-15-26(27(34)32-17-21-8-4-12-30-16-21)33(19-24)13-5-9-20-6-2-1-3-7-20/h1-12,14,16,24,26,31H,13,15,17-19H2,(H,32,34)/t24-,26-/m0/s1. The van der Waals surface area contributed by atoms with Gasteiger partial charge in [0, 0.05) is 56.2 Å². The minimum absolute atomic E-state index is 0.00344. The van der Waals surface area contributed by atoms with Gasteiger partial charge in [0.25, 0.3) is 0 Å². The SMILES string of the molecule is O=C(NCc1cccnc1)[C@@H]1C[C@H](NCc2ccc(F)cc2F)CN1CC=Cc1ccccc1. The number of likely N-dealkylation sites (tertiary alicyclic amines) is 1. The van der Waals surface area contributed by atoms with Crippen LogP contribution in [0.1, 0.15) is 23.1 Å². The van der Waals surface area contributed by atoms with Gasteiger partial charge in [-0.3, -0.25) is 14.7 Å². The molecule has 2 N–H and O–H groups in total. The molecule has 1 aromatic heterocycles. The summed E-state index contributed by atoms with van der Waals surface area (Å²) in [5, 5.41) is 6.35. The smallest absolute Gasteiger partial charge is 0.237 e. The van der Waals surface area contributed by atoms with E-state index in [2.05, 4.69) is 26.6 Å². The molecule has 1 fully saturated rings. The average Bonchev–Trinajstić information content (AvgIpc) is 3.26. The largest absolute Gasteiger partial charge is 0.351 e. The molecule has 0 spiro atoms. The van der Waals surface area contributed by atoms with Crippen molar-refractivity contribution < 1.29 is 13.6 Å². The molecule has 2 heterocycles. The second-order valence-corrected chi connectivity index (χ2v) is 8.41. The van der Waals surface area contributed by atoms with Crippen molar-refractivity contribution in [3.63, 3.8) is 0 Å². The van der Waals surface area contributed by atoms with Crippen LogP contribution < -0.4 is 10.6 Å². The van der Waals surface area contributed by atoms with E-state index in [4.69, 9.17) is 0 Å². The van der Waals surface area contributed by atoms with Gasteiger partial charge < -0.3 is 10.6 Å². The molecule has 3 aromatic rings. The molecule has 4 rings (SSSR count). The quantitative estimate of drug-likeness (QED) is 0.506. The maximum absolute atomic E-state index is 14.0. The van der Waals surface area contributed by atoms with Gasteiger partial charge in [-0.25, -0.2) is 8.78 Å². The molecule has 7 heteroatoms. The first-order chi connectivity index (χ1) is 16.6. The number of amides is 1. The van der Waals surface area contributed by atoms with Crippen molar-refractivity contribution in [2.45, 2.75) is 31.6 Å². The number of carbonyl (C=O) groups excluding carboxylic acids is 1. The van der Waals surface area contributed by atoms with Gasteiger partial charge >= 0.3 is 0 Å². The van der Waals surface area contributed by atoms with Crippen LogP contribution in [-0.4, -0.2) is 41.0 Å². The van der Waals surface area contributed by atoms with Gasteiger partial charge in [-0.05, 0) is 29.7 Å². The summed E-state index contributed by atoms with van der Waals surface area (Å²) in [6.45, 7) is 1.94. The molecule has 0 aliphatic carbocycles. The summed E-state index contributed by atoms with van der Waals surface area (Å²) in [6.07, 6.45) is 8.12. The molecule has 1 aliphatic heterocycles. The Balaban J connectivity index is 1.39. The first-order valence-electron chi connectivity index (χ1n) is 11.4. The maximum atomic E-state index is 14.0. The molecule has 0 bridgehead atoms. The van der Waals surface area contributed by atoms with Crippen molar-refractivity contribution in [3.8, 4) is 0 Å². The number of nitrogens with zero attached hydrogens (tertiary/aromatic N) is 2. The third-order valence-electron chi connectivity index (χ3n) is 5.94. The van der Waals surface area contributed by atoms with Crippen molar-refractivity contribution in [1.29, 1.82) is 0 Å². The molecule has 2 atom stereocenters. The molecule has 0 unspecified atom stereocenters. The minimum Gasteiger partial charge on any atom is -0.351 e.